The highest BCUT2D eigenvalue weighted by atomic mass is 16.4. The number of aromatic nitrogens is 4. The summed E-state index contributed by atoms with van der Waals surface area (Å²) in [6, 6.07) is 10.4. The zero-order valence-corrected chi connectivity index (χ0v) is 16.5. The fraction of sp³-hybridized carbons (Fsp3) is 0.333. The maximum absolute atomic E-state index is 13.0. The summed E-state index contributed by atoms with van der Waals surface area (Å²) in [5.74, 6) is -0.591. The predicted molar refractivity (Wildman–Crippen MR) is 110 cm³/mol. The molecule has 0 spiro atoms. The van der Waals surface area contributed by atoms with Gasteiger partial charge in [-0.2, -0.15) is 0 Å². The maximum Gasteiger partial charge on any atom is 0.420 e. The van der Waals surface area contributed by atoms with E-state index in [9.17, 15) is 14.4 Å². The molecule has 9 nitrogen and oxygen atoms in total. The summed E-state index contributed by atoms with van der Waals surface area (Å²) >= 11 is 0. The molecule has 1 aliphatic heterocycles. The molecular weight excluding hydrogens is 386 g/mol. The molecule has 0 saturated carbocycles. The molecule has 4 aromatic rings. The van der Waals surface area contributed by atoms with Crippen molar-refractivity contribution in [3.63, 3.8) is 0 Å². The van der Waals surface area contributed by atoms with Gasteiger partial charge in [0.15, 0.2) is 11.2 Å². The molecule has 3 aromatic heterocycles. The molecule has 0 unspecified atom stereocenters. The molecule has 4 heterocycles. The van der Waals surface area contributed by atoms with Crippen LogP contribution >= 0.6 is 0 Å². The summed E-state index contributed by atoms with van der Waals surface area (Å²) < 4.78 is 8.03. The number of nitrogens with one attached hydrogen (secondary N) is 1. The van der Waals surface area contributed by atoms with Gasteiger partial charge in [0.1, 0.15) is 6.54 Å². The first-order valence-electron chi connectivity index (χ1n) is 9.95. The molecule has 5 rings (SSSR count). The number of rotatable bonds is 3. The first kappa shape index (κ1) is 18.4. The highest BCUT2D eigenvalue weighted by Crippen LogP contribution is 2.26. The van der Waals surface area contributed by atoms with Crippen molar-refractivity contribution in [1.82, 2.24) is 24.1 Å². The molecule has 0 bridgehead atoms. The van der Waals surface area contributed by atoms with Gasteiger partial charge in [-0.15, -0.1) is 0 Å². The molecule has 1 aliphatic rings. The molecule has 30 heavy (non-hydrogen) atoms. The second-order valence-corrected chi connectivity index (χ2v) is 7.74. The molecule has 1 atom stereocenters. The summed E-state index contributed by atoms with van der Waals surface area (Å²) in [5, 5.41) is 3.13. The lowest BCUT2D eigenvalue weighted by Crippen LogP contribution is -2.41. The van der Waals surface area contributed by atoms with E-state index in [-0.39, 0.29) is 23.9 Å². The fourth-order valence-electron chi connectivity index (χ4n) is 4.19. The van der Waals surface area contributed by atoms with E-state index < -0.39 is 5.76 Å². The molecule has 154 valence electrons. The van der Waals surface area contributed by atoms with Crippen molar-refractivity contribution in [2.24, 2.45) is 0 Å². The number of carbonyl (C=O) groups is 1. The van der Waals surface area contributed by atoms with Crippen LogP contribution in [0.3, 0.4) is 0 Å². The number of hydrogen-bond acceptors (Lipinski definition) is 5. The monoisotopic (exact) mass is 407 g/mol. The Hall–Kier alpha value is -3.62. The molecule has 9 heteroatoms. The number of hydrogen-bond donors (Lipinski definition) is 1. The molecule has 0 radical (unpaired) electrons. The van der Waals surface area contributed by atoms with Crippen molar-refractivity contribution < 1.29 is 9.21 Å². The first-order chi connectivity index (χ1) is 14.5. The topological polar surface area (TPSA) is 106 Å². The van der Waals surface area contributed by atoms with Crippen LogP contribution in [0.5, 0.6) is 0 Å². The Morgan fingerprint density at radius 2 is 2.10 bits per heavy atom. The number of benzene rings is 1. The summed E-state index contributed by atoms with van der Waals surface area (Å²) in [7, 11) is 0. The van der Waals surface area contributed by atoms with E-state index >= 15 is 0 Å². The number of aromatic amines is 1. The van der Waals surface area contributed by atoms with Crippen LogP contribution in [-0.4, -0.2) is 43.1 Å². The molecule has 1 N–H and O–H groups in total. The second kappa shape index (κ2) is 7.01. The van der Waals surface area contributed by atoms with Gasteiger partial charge in [0.05, 0.1) is 5.52 Å². The number of amides is 1. The SMILES string of the molecule is Cc1cc(=O)n2[nH]c([C@H]3CCCN(C(=O)Cn4c(=O)oc5ccccc54)C3)cc2n1. The van der Waals surface area contributed by atoms with Crippen molar-refractivity contribution in [1.29, 1.82) is 0 Å². The smallest absolute Gasteiger partial charge is 0.408 e. The lowest BCUT2D eigenvalue weighted by Gasteiger charge is -2.32. The van der Waals surface area contributed by atoms with Crippen molar-refractivity contribution in [2.75, 3.05) is 13.1 Å². The molecule has 1 fully saturated rings. The number of likely N-dealkylation sites (tertiary alicyclic amines) is 1. The first-order valence-corrected chi connectivity index (χ1v) is 9.95. The number of carbonyl (C=O) groups excluding carboxylic acids is 1. The van der Waals surface area contributed by atoms with E-state index in [4.69, 9.17) is 4.42 Å². The van der Waals surface area contributed by atoms with Gasteiger partial charge in [-0.25, -0.2) is 14.3 Å². The number of H-pyrrole nitrogens is 1. The van der Waals surface area contributed by atoms with Crippen LogP contribution in [0.15, 0.2) is 50.4 Å². The minimum Gasteiger partial charge on any atom is -0.408 e. The highest BCUT2D eigenvalue weighted by molar-refractivity contribution is 5.79. The van der Waals surface area contributed by atoms with Gasteiger partial charge in [0, 0.05) is 42.5 Å². The van der Waals surface area contributed by atoms with Gasteiger partial charge in [-0.3, -0.25) is 19.3 Å². The van der Waals surface area contributed by atoms with Crippen molar-refractivity contribution in [3.8, 4) is 0 Å². The van der Waals surface area contributed by atoms with Crippen LogP contribution in [0.2, 0.25) is 0 Å². The van der Waals surface area contributed by atoms with Crippen molar-refractivity contribution >= 4 is 22.7 Å². The summed E-state index contributed by atoms with van der Waals surface area (Å²) in [5.41, 5.74) is 3.06. The average Bonchev–Trinajstić information content (AvgIpc) is 3.29. The Kier molecular flexibility index (Phi) is 4.30. The minimum absolute atomic E-state index is 0.0600. The van der Waals surface area contributed by atoms with Gasteiger partial charge in [0.25, 0.3) is 5.56 Å². The van der Waals surface area contributed by atoms with Gasteiger partial charge < -0.3 is 9.32 Å². The van der Waals surface area contributed by atoms with Crippen LogP contribution in [0.4, 0.5) is 0 Å². The number of fused-ring (bicyclic) bond motifs is 2. The maximum atomic E-state index is 13.0. The Morgan fingerprint density at radius 3 is 2.97 bits per heavy atom. The Bertz CT molecular complexity index is 1380. The third-order valence-electron chi connectivity index (χ3n) is 5.68. The second-order valence-electron chi connectivity index (χ2n) is 7.74. The zero-order chi connectivity index (χ0) is 20.8. The minimum atomic E-state index is -0.533. The standard InChI is InChI=1S/C21H21N5O4/c1-13-9-19(27)26-18(22-13)10-15(23-26)14-5-4-8-24(11-14)20(28)12-25-16-6-2-3-7-17(16)30-21(25)29/h2-3,6-7,9-10,14,23H,4-5,8,11-12H2,1H3/t14-/m0/s1. The summed E-state index contributed by atoms with van der Waals surface area (Å²) in [4.78, 5) is 43.5. The summed E-state index contributed by atoms with van der Waals surface area (Å²) in [6.45, 7) is 2.88. The Labute approximate surface area is 170 Å². The quantitative estimate of drug-likeness (QED) is 0.556. The van der Waals surface area contributed by atoms with Crippen LogP contribution in [0.25, 0.3) is 16.7 Å². The average molecular weight is 407 g/mol. The van der Waals surface area contributed by atoms with Crippen LogP contribution in [0.1, 0.15) is 30.1 Å². The van der Waals surface area contributed by atoms with Crippen LogP contribution in [0, 0.1) is 6.92 Å². The van der Waals surface area contributed by atoms with E-state index in [1.165, 1.54) is 15.1 Å². The lowest BCUT2D eigenvalue weighted by atomic mass is 9.95. The number of para-hydroxylation sites is 2. The van der Waals surface area contributed by atoms with E-state index in [0.29, 0.717) is 35.5 Å². The van der Waals surface area contributed by atoms with Gasteiger partial charge in [-0.1, -0.05) is 12.1 Å². The van der Waals surface area contributed by atoms with Crippen LogP contribution in [-0.2, 0) is 11.3 Å². The molecule has 0 aliphatic carbocycles. The van der Waals surface area contributed by atoms with Gasteiger partial charge in [-0.05, 0) is 31.9 Å². The molecule has 1 amide bonds. The number of oxazole rings is 1. The molecular formula is C21H21N5O4. The van der Waals surface area contributed by atoms with Gasteiger partial charge >= 0.3 is 5.76 Å². The van der Waals surface area contributed by atoms with Gasteiger partial charge in [0.2, 0.25) is 5.91 Å². The Balaban J connectivity index is 1.38. The van der Waals surface area contributed by atoms with Crippen molar-refractivity contribution in [2.45, 2.75) is 32.2 Å². The fourth-order valence-corrected chi connectivity index (χ4v) is 4.19. The van der Waals surface area contributed by atoms with E-state index in [0.717, 1.165) is 18.5 Å². The third-order valence-corrected chi connectivity index (χ3v) is 5.68. The molecule has 1 aromatic carbocycles. The van der Waals surface area contributed by atoms with E-state index in [1.807, 2.05) is 12.1 Å². The van der Waals surface area contributed by atoms with Crippen LogP contribution < -0.4 is 11.3 Å². The van der Waals surface area contributed by atoms with E-state index in [2.05, 4.69) is 10.1 Å². The molecule has 1 saturated heterocycles. The predicted octanol–water partition coefficient (Wildman–Crippen LogP) is 1.65. The lowest BCUT2D eigenvalue weighted by molar-refractivity contribution is -0.133. The Morgan fingerprint density at radius 1 is 1.27 bits per heavy atom. The van der Waals surface area contributed by atoms with E-state index in [1.54, 1.807) is 30.0 Å². The normalized spacial score (nSPS) is 17.1. The zero-order valence-electron chi connectivity index (χ0n) is 16.5. The number of aryl methyl sites for hydroxylation is 1. The number of nitrogens with zero attached hydrogens (tertiary/aromatic N) is 4. The third kappa shape index (κ3) is 3.12. The summed E-state index contributed by atoms with van der Waals surface area (Å²) in [6.07, 6.45) is 1.74. The largest absolute Gasteiger partial charge is 0.420 e. The number of piperidine rings is 1. The van der Waals surface area contributed by atoms with Crippen molar-refractivity contribution in [3.05, 3.63) is 68.7 Å². The highest BCUT2D eigenvalue weighted by Gasteiger charge is 2.27.